The van der Waals surface area contributed by atoms with Crippen LogP contribution in [0, 0.1) is 10.1 Å². The maximum Gasteiger partial charge on any atom is 0.272 e. The highest BCUT2D eigenvalue weighted by Crippen LogP contribution is 2.46. The van der Waals surface area contributed by atoms with Gasteiger partial charge in [0.25, 0.3) is 5.91 Å². The van der Waals surface area contributed by atoms with Crippen LogP contribution in [0.5, 0.6) is 5.75 Å². The van der Waals surface area contributed by atoms with E-state index in [4.69, 9.17) is 4.74 Å². The predicted molar refractivity (Wildman–Crippen MR) is 130 cm³/mol. The van der Waals surface area contributed by atoms with Gasteiger partial charge >= 0.3 is 0 Å². The molecule has 0 bridgehead atoms. The van der Waals surface area contributed by atoms with Gasteiger partial charge in [-0.3, -0.25) is 14.9 Å². The van der Waals surface area contributed by atoms with Crippen molar-refractivity contribution < 1.29 is 14.5 Å². The van der Waals surface area contributed by atoms with E-state index in [0.717, 1.165) is 11.3 Å². The van der Waals surface area contributed by atoms with E-state index >= 15 is 0 Å². The fraction of sp³-hybridized carbons (Fsp3) is 0.192. The molecule has 174 valence electrons. The van der Waals surface area contributed by atoms with Crippen LogP contribution in [0.15, 0.2) is 78.9 Å². The van der Waals surface area contributed by atoms with Crippen molar-refractivity contribution in [1.29, 1.82) is 0 Å². The number of anilines is 1. The second-order valence-corrected chi connectivity index (χ2v) is 8.66. The number of para-hydroxylation sites is 2. The summed E-state index contributed by atoms with van der Waals surface area (Å²) < 4.78 is 6.56. The molecule has 0 unspecified atom stereocenters. The summed E-state index contributed by atoms with van der Waals surface area (Å²) in [6, 6.07) is 19.4. The summed E-state index contributed by atoms with van der Waals surface area (Å²) in [7, 11) is 1.56. The molecule has 3 heterocycles. The van der Waals surface area contributed by atoms with E-state index in [1.807, 2.05) is 53.5 Å². The van der Waals surface area contributed by atoms with Crippen LogP contribution in [0.2, 0.25) is 0 Å². The number of carbonyl (C=O) groups excluding carboxylic acids is 1. The predicted octanol–water partition coefficient (Wildman–Crippen LogP) is 3.79. The summed E-state index contributed by atoms with van der Waals surface area (Å²) in [4.78, 5) is 28.3. The van der Waals surface area contributed by atoms with Gasteiger partial charge in [-0.1, -0.05) is 59.8 Å². The minimum absolute atomic E-state index is 0.266. The fourth-order valence-corrected chi connectivity index (χ4v) is 5.40. The summed E-state index contributed by atoms with van der Waals surface area (Å²) in [6.45, 7) is 0. The van der Waals surface area contributed by atoms with Crippen molar-refractivity contribution in [2.24, 2.45) is 0 Å². The lowest BCUT2D eigenvalue weighted by atomic mass is 9.86. The van der Waals surface area contributed by atoms with Gasteiger partial charge in [0.15, 0.2) is 0 Å². The first kappa shape index (κ1) is 21.0. The SMILES string of the molecule is COc1ccc([C@H]2[C@@H]([N+](=O)[O-])[C@H]3C=Cc4ccccc4N3[C@@H]2C(=O)n2nnc3ccccc32)cc1. The van der Waals surface area contributed by atoms with Gasteiger partial charge in [-0.25, -0.2) is 0 Å². The number of hydrogen-bond acceptors (Lipinski definition) is 7. The average Bonchev–Trinajstić information content (AvgIpc) is 3.48. The second kappa shape index (κ2) is 8.05. The van der Waals surface area contributed by atoms with Gasteiger partial charge in [-0.05, 0) is 41.5 Å². The molecule has 2 aliphatic rings. The molecule has 1 aromatic heterocycles. The highest BCUT2D eigenvalue weighted by molar-refractivity contribution is 5.96. The second-order valence-electron chi connectivity index (χ2n) is 8.66. The number of ether oxygens (including phenoxy) is 1. The Morgan fingerprint density at radius 1 is 1.03 bits per heavy atom. The van der Waals surface area contributed by atoms with Crippen LogP contribution in [0.1, 0.15) is 21.8 Å². The molecule has 1 fully saturated rings. The number of rotatable bonds is 4. The molecule has 35 heavy (non-hydrogen) atoms. The average molecular weight is 467 g/mol. The molecule has 0 aliphatic carbocycles. The standard InChI is InChI=1S/C26H21N5O4/c1-35-18-13-10-17(11-14-18)23-24(31(33)34)22-15-12-16-6-2-4-8-20(16)29(22)25(23)26(32)30-21-9-5-3-7-19(21)27-28-30/h2-15,22-25H,1H3/t22-,23+,24+,25+/m1/s1. The number of hydrogen-bond donors (Lipinski definition) is 0. The van der Waals surface area contributed by atoms with Gasteiger partial charge in [-0.15, -0.1) is 5.10 Å². The highest BCUT2D eigenvalue weighted by Gasteiger charge is 2.59. The van der Waals surface area contributed by atoms with Crippen LogP contribution >= 0.6 is 0 Å². The van der Waals surface area contributed by atoms with Crippen LogP contribution in [0.25, 0.3) is 17.1 Å². The van der Waals surface area contributed by atoms with Gasteiger partial charge in [0.2, 0.25) is 6.04 Å². The molecule has 0 saturated carbocycles. The molecule has 1 saturated heterocycles. The summed E-state index contributed by atoms with van der Waals surface area (Å²) in [6.07, 6.45) is 3.73. The Labute approximate surface area is 200 Å². The summed E-state index contributed by atoms with van der Waals surface area (Å²) in [5.41, 5.74) is 3.53. The molecule has 2 aliphatic heterocycles. The van der Waals surface area contributed by atoms with Crippen molar-refractivity contribution in [2.75, 3.05) is 12.0 Å². The Morgan fingerprint density at radius 3 is 2.54 bits per heavy atom. The topological polar surface area (TPSA) is 103 Å². The minimum Gasteiger partial charge on any atom is -0.497 e. The van der Waals surface area contributed by atoms with Gasteiger partial charge in [0, 0.05) is 10.6 Å². The van der Waals surface area contributed by atoms with E-state index in [1.54, 1.807) is 43.5 Å². The molecule has 0 radical (unpaired) electrons. The molecular formula is C26H21N5O4. The van der Waals surface area contributed by atoms with E-state index in [2.05, 4.69) is 10.3 Å². The van der Waals surface area contributed by atoms with E-state index in [9.17, 15) is 14.9 Å². The number of fused-ring (bicyclic) bond motifs is 4. The Bertz CT molecular complexity index is 1480. The first-order chi connectivity index (χ1) is 17.1. The van der Waals surface area contributed by atoms with Crippen molar-refractivity contribution in [2.45, 2.75) is 24.0 Å². The summed E-state index contributed by atoms with van der Waals surface area (Å²) >= 11 is 0. The molecule has 0 amide bonds. The quantitative estimate of drug-likeness (QED) is 0.332. The Hall–Kier alpha value is -4.53. The highest BCUT2D eigenvalue weighted by atomic mass is 16.6. The molecule has 9 nitrogen and oxygen atoms in total. The molecular weight excluding hydrogens is 446 g/mol. The van der Waals surface area contributed by atoms with E-state index in [-0.39, 0.29) is 10.8 Å². The molecule has 0 spiro atoms. The van der Waals surface area contributed by atoms with Crippen molar-refractivity contribution in [1.82, 2.24) is 15.0 Å². The van der Waals surface area contributed by atoms with Crippen LogP contribution in [0.3, 0.4) is 0 Å². The largest absolute Gasteiger partial charge is 0.497 e. The molecule has 6 rings (SSSR count). The van der Waals surface area contributed by atoms with Gasteiger partial charge < -0.3 is 9.64 Å². The van der Waals surface area contributed by atoms with Crippen LogP contribution < -0.4 is 9.64 Å². The number of nitrogens with zero attached hydrogens (tertiary/aromatic N) is 5. The zero-order chi connectivity index (χ0) is 24.1. The van der Waals surface area contributed by atoms with Crippen molar-refractivity contribution >= 4 is 28.7 Å². The van der Waals surface area contributed by atoms with Crippen molar-refractivity contribution in [3.05, 3.63) is 100 Å². The van der Waals surface area contributed by atoms with E-state index in [0.29, 0.717) is 22.3 Å². The third-order valence-corrected chi connectivity index (χ3v) is 6.92. The first-order valence-electron chi connectivity index (χ1n) is 11.3. The number of benzene rings is 3. The van der Waals surface area contributed by atoms with E-state index < -0.39 is 24.0 Å². The Kier molecular flexibility index (Phi) is 4.84. The number of carbonyl (C=O) groups is 1. The smallest absolute Gasteiger partial charge is 0.272 e. The maximum atomic E-state index is 14.2. The lowest BCUT2D eigenvalue weighted by molar-refractivity contribution is -0.524. The molecule has 4 aromatic rings. The normalized spacial score (nSPS) is 22.6. The van der Waals surface area contributed by atoms with Crippen molar-refractivity contribution in [3.8, 4) is 5.75 Å². The van der Waals surface area contributed by atoms with Crippen LogP contribution in [-0.2, 0) is 0 Å². The molecule has 3 aromatic carbocycles. The van der Waals surface area contributed by atoms with Crippen LogP contribution in [-0.4, -0.2) is 51.1 Å². The molecule has 4 atom stereocenters. The number of methoxy groups -OCH3 is 1. The third-order valence-electron chi connectivity index (χ3n) is 6.92. The lowest BCUT2D eigenvalue weighted by Gasteiger charge is -2.33. The lowest BCUT2D eigenvalue weighted by Crippen LogP contribution is -2.46. The van der Waals surface area contributed by atoms with Gasteiger partial charge in [0.05, 0.1) is 18.5 Å². The first-order valence-corrected chi connectivity index (χ1v) is 11.3. The van der Waals surface area contributed by atoms with Gasteiger partial charge in [-0.2, -0.15) is 4.68 Å². The maximum absolute atomic E-state index is 14.2. The summed E-state index contributed by atoms with van der Waals surface area (Å²) in [5, 5.41) is 20.8. The zero-order valence-electron chi connectivity index (χ0n) is 18.8. The minimum atomic E-state index is -1.04. The molecule has 0 N–H and O–H groups in total. The third kappa shape index (κ3) is 3.19. The fourth-order valence-electron chi connectivity index (χ4n) is 5.40. The van der Waals surface area contributed by atoms with E-state index in [1.165, 1.54) is 4.68 Å². The molecule has 9 heteroatoms. The van der Waals surface area contributed by atoms with Crippen molar-refractivity contribution in [3.63, 3.8) is 0 Å². The zero-order valence-corrected chi connectivity index (χ0v) is 18.8. The Balaban J connectivity index is 1.57. The van der Waals surface area contributed by atoms with Crippen LogP contribution in [0.4, 0.5) is 5.69 Å². The van der Waals surface area contributed by atoms with Gasteiger partial charge in [0.1, 0.15) is 23.3 Å². The summed E-state index contributed by atoms with van der Waals surface area (Å²) in [5.74, 6) is -0.455. The number of aromatic nitrogens is 3. The Morgan fingerprint density at radius 2 is 1.77 bits per heavy atom. The number of nitro groups is 1. The monoisotopic (exact) mass is 467 g/mol.